The normalized spacial score (nSPS) is 24.0. The van der Waals surface area contributed by atoms with Gasteiger partial charge in [0.05, 0.1) is 6.10 Å². The predicted molar refractivity (Wildman–Crippen MR) is 60.6 cm³/mol. The first kappa shape index (κ1) is 13.1. The standard InChI is InChI=1S/C12H15F3N2O/c13-9-5-10(14)12(17-11(9)15)16-6-7-1-3-8(18)4-2-7/h5,7-8,18H,1-4,6H2,(H,16,17). The molecule has 1 aliphatic carbocycles. The largest absolute Gasteiger partial charge is 0.393 e. The van der Waals surface area contributed by atoms with Gasteiger partial charge in [-0.25, -0.2) is 8.78 Å². The highest BCUT2D eigenvalue weighted by Gasteiger charge is 2.20. The molecule has 100 valence electrons. The number of nitrogens with one attached hydrogen (secondary N) is 1. The van der Waals surface area contributed by atoms with Gasteiger partial charge in [-0.3, -0.25) is 0 Å². The van der Waals surface area contributed by atoms with Crippen molar-refractivity contribution in [2.45, 2.75) is 31.8 Å². The lowest BCUT2D eigenvalue weighted by Gasteiger charge is -2.25. The number of nitrogens with zero attached hydrogens (tertiary/aromatic N) is 1. The molecule has 0 aliphatic heterocycles. The molecule has 0 amide bonds. The first-order valence-corrected chi connectivity index (χ1v) is 5.99. The van der Waals surface area contributed by atoms with Crippen molar-refractivity contribution in [3.63, 3.8) is 0 Å². The first-order valence-electron chi connectivity index (χ1n) is 5.99. The SMILES string of the molecule is OC1CCC(CNc2nc(F)c(F)cc2F)CC1. The Morgan fingerprint density at radius 3 is 2.50 bits per heavy atom. The number of rotatable bonds is 3. The van der Waals surface area contributed by atoms with Crippen molar-refractivity contribution in [1.29, 1.82) is 0 Å². The second-order valence-electron chi connectivity index (χ2n) is 4.65. The Kier molecular flexibility index (Phi) is 4.06. The molecule has 1 aromatic heterocycles. The maximum absolute atomic E-state index is 13.3. The number of aromatic nitrogens is 1. The van der Waals surface area contributed by atoms with E-state index in [0.29, 0.717) is 18.5 Å². The lowest BCUT2D eigenvalue weighted by atomic mass is 9.87. The van der Waals surface area contributed by atoms with Gasteiger partial charge in [-0.2, -0.15) is 9.37 Å². The van der Waals surface area contributed by atoms with E-state index >= 15 is 0 Å². The molecule has 6 heteroatoms. The average Bonchev–Trinajstić information content (AvgIpc) is 2.34. The number of aliphatic hydroxyl groups is 1. The highest BCUT2D eigenvalue weighted by molar-refractivity contribution is 5.36. The second kappa shape index (κ2) is 5.56. The van der Waals surface area contributed by atoms with E-state index in [4.69, 9.17) is 0 Å². The third-order valence-corrected chi connectivity index (χ3v) is 3.26. The number of hydrogen-bond acceptors (Lipinski definition) is 3. The molecule has 0 radical (unpaired) electrons. The van der Waals surface area contributed by atoms with Crippen molar-refractivity contribution in [3.05, 3.63) is 23.6 Å². The maximum atomic E-state index is 13.3. The molecule has 0 unspecified atom stereocenters. The van der Waals surface area contributed by atoms with E-state index in [-0.39, 0.29) is 11.9 Å². The minimum absolute atomic E-state index is 0.251. The molecule has 3 nitrogen and oxygen atoms in total. The van der Waals surface area contributed by atoms with Gasteiger partial charge in [0, 0.05) is 12.6 Å². The number of halogens is 3. The van der Waals surface area contributed by atoms with Crippen LogP contribution in [0.25, 0.3) is 0 Å². The summed E-state index contributed by atoms with van der Waals surface area (Å²) in [5.74, 6) is -3.47. The highest BCUT2D eigenvalue weighted by atomic mass is 19.2. The maximum Gasteiger partial charge on any atom is 0.251 e. The molecule has 2 N–H and O–H groups in total. The zero-order valence-corrected chi connectivity index (χ0v) is 9.80. The summed E-state index contributed by atoms with van der Waals surface area (Å²) >= 11 is 0. The number of pyridine rings is 1. The number of anilines is 1. The van der Waals surface area contributed by atoms with Gasteiger partial charge in [-0.05, 0) is 31.6 Å². The van der Waals surface area contributed by atoms with Crippen molar-refractivity contribution >= 4 is 5.82 Å². The molecule has 0 saturated heterocycles. The Bertz CT molecular complexity index is 420. The lowest BCUT2D eigenvalue weighted by molar-refractivity contribution is 0.111. The first-order chi connectivity index (χ1) is 8.56. The minimum Gasteiger partial charge on any atom is -0.393 e. The van der Waals surface area contributed by atoms with Gasteiger partial charge in [0.2, 0.25) is 0 Å². The van der Waals surface area contributed by atoms with Gasteiger partial charge in [0.15, 0.2) is 17.5 Å². The van der Waals surface area contributed by atoms with Crippen LogP contribution in [0.2, 0.25) is 0 Å². The molecule has 1 aliphatic rings. The molecule has 0 aromatic carbocycles. The average molecular weight is 260 g/mol. The van der Waals surface area contributed by atoms with Gasteiger partial charge in [0.25, 0.3) is 5.95 Å². The summed E-state index contributed by atoms with van der Waals surface area (Å²) in [5, 5.41) is 12.0. The third-order valence-electron chi connectivity index (χ3n) is 3.26. The molecule has 1 heterocycles. The van der Waals surface area contributed by atoms with E-state index in [1.807, 2.05) is 0 Å². The lowest BCUT2D eigenvalue weighted by Crippen LogP contribution is -2.24. The van der Waals surface area contributed by atoms with Crippen molar-refractivity contribution in [1.82, 2.24) is 4.98 Å². The molecular weight excluding hydrogens is 245 g/mol. The van der Waals surface area contributed by atoms with E-state index in [2.05, 4.69) is 10.3 Å². The molecule has 2 rings (SSSR count). The summed E-state index contributed by atoms with van der Waals surface area (Å²) in [6.45, 7) is 0.446. The fraction of sp³-hybridized carbons (Fsp3) is 0.583. The molecule has 1 saturated carbocycles. The Hall–Kier alpha value is -1.30. The summed E-state index contributed by atoms with van der Waals surface area (Å²) in [4.78, 5) is 3.19. The summed E-state index contributed by atoms with van der Waals surface area (Å²) in [7, 11) is 0. The van der Waals surface area contributed by atoms with Crippen LogP contribution >= 0.6 is 0 Å². The quantitative estimate of drug-likeness (QED) is 0.821. The fourth-order valence-corrected chi connectivity index (χ4v) is 2.16. The van der Waals surface area contributed by atoms with Crippen LogP contribution in [0.4, 0.5) is 19.0 Å². The third kappa shape index (κ3) is 3.13. The minimum atomic E-state index is -1.31. The zero-order valence-electron chi connectivity index (χ0n) is 9.80. The molecule has 1 aromatic rings. The highest BCUT2D eigenvalue weighted by Crippen LogP contribution is 2.24. The summed E-state index contributed by atoms with van der Waals surface area (Å²) in [5.41, 5.74) is 0. The topological polar surface area (TPSA) is 45.1 Å². The van der Waals surface area contributed by atoms with Crippen LogP contribution in [0.15, 0.2) is 6.07 Å². The number of aliphatic hydroxyl groups excluding tert-OH is 1. The van der Waals surface area contributed by atoms with Gasteiger partial charge in [-0.1, -0.05) is 0 Å². The van der Waals surface area contributed by atoms with Gasteiger partial charge >= 0.3 is 0 Å². The van der Waals surface area contributed by atoms with E-state index in [0.717, 1.165) is 25.7 Å². The van der Waals surface area contributed by atoms with Gasteiger partial charge in [0.1, 0.15) is 0 Å². The Morgan fingerprint density at radius 1 is 1.17 bits per heavy atom. The smallest absolute Gasteiger partial charge is 0.251 e. The molecule has 0 bridgehead atoms. The van der Waals surface area contributed by atoms with Crippen molar-refractivity contribution in [2.24, 2.45) is 5.92 Å². The van der Waals surface area contributed by atoms with E-state index in [1.54, 1.807) is 0 Å². The van der Waals surface area contributed by atoms with Crippen LogP contribution in [0.3, 0.4) is 0 Å². The zero-order chi connectivity index (χ0) is 13.1. The van der Waals surface area contributed by atoms with E-state index in [9.17, 15) is 18.3 Å². The molecule has 18 heavy (non-hydrogen) atoms. The van der Waals surface area contributed by atoms with Gasteiger partial charge in [-0.15, -0.1) is 0 Å². The molecular formula is C12H15F3N2O. The Balaban J connectivity index is 1.92. The molecule has 1 fully saturated rings. The Labute approximate surface area is 103 Å². The van der Waals surface area contributed by atoms with Crippen LogP contribution in [0.1, 0.15) is 25.7 Å². The van der Waals surface area contributed by atoms with Gasteiger partial charge < -0.3 is 10.4 Å². The van der Waals surface area contributed by atoms with Crippen LogP contribution in [0, 0.1) is 23.5 Å². The van der Waals surface area contributed by atoms with Crippen molar-refractivity contribution in [2.75, 3.05) is 11.9 Å². The van der Waals surface area contributed by atoms with Crippen LogP contribution in [0.5, 0.6) is 0 Å². The van der Waals surface area contributed by atoms with Crippen molar-refractivity contribution < 1.29 is 18.3 Å². The monoisotopic (exact) mass is 260 g/mol. The van der Waals surface area contributed by atoms with E-state index < -0.39 is 17.6 Å². The van der Waals surface area contributed by atoms with Crippen LogP contribution in [-0.2, 0) is 0 Å². The molecule has 0 spiro atoms. The summed E-state index contributed by atoms with van der Waals surface area (Å²) in [6.07, 6.45) is 2.86. The summed E-state index contributed by atoms with van der Waals surface area (Å²) < 4.78 is 38.8. The van der Waals surface area contributed by atoms with E-state index in [1.165, 1.54) is 0 Å². The summed E-state index contributed by atoms with van der Waals surface area (Å²) in [6, 6.07) is 0.481. The Morgan fingerprint density at radius 2 is 1.83 bits per heavy atom. The van der Waals surface area contributed by atoms with Crippen molar-refractivity contribution in [3.8, 4) is 0 Å². The second-order valence-corrected chi connectivity index (χ2v) is 4.65. The predicted octanol–water partition coefficient (Wildman–Crippen LogP) is 2.46. The number of hydrogen-bond donors (Lipinski definition) is 2. The van der Waals surface area contributed by atoms with Crippen LogP contribution in [-0.4, -0.2) is 22.7 Å². The fourth-order valence-electron chi connectivity index (χ4n) is 2.16. The molecule has 0 atom stereocenters. The van der Waals surface area contributed by atoms with Crippen LogP contribution < -0.4 is 5.32 Å².